The number of para-hydroxylation sites is 1. The van der Waals surface area contributed by atoms with Crippen molar-refractivity contribution < 1.29 is 28.5 Å². The van der Waals surface area contributed by atoms with Crippen molar-refractivity contribution in [2.75, 3.05) is 75.2 Å². The number of amides is 4. The van der Waals surface area contributed by atoms with Crippen molar-refractivity contribution in [1.29, 1.82) is 0 Å². The molecule has 17 heteroatoms. The van der Waals surface area contributed by atoms with Crippen molar-refractivity contribution in [3.05, 3.63) is 88.6 Å². The molecule has 15 nitrogen and oxygen atoms in total. The van der Waals surface area contributed by atoms with Crippen molar-refractivity contribution in [3.63, 3.8) is 0 Å². The van der Waals surface area contributed by atoms with Crippen LogP contribution < -0.4 is 30.9 Å². The SMILES string of the molecule is COc1cc(N2CCC(N3CCN(C(=O)CCc4cccc5c4CN(C4CCC(=O)NC4=O)C5=O)CC3)CC2)ccc1Nc1ncc(Cl)c(Nc2ccccc2P(C)(C)=O)n1. The number of carbonyl (C=O) groups excluding carboxylic acids is 4. The Morgan fingerprint density at radius 3 is 2.44 bits per heavy atom. The molecule has 0 spiro atoms. The molecule has 4 aliphatic rings. The van der Waals surface area contributed by atoms with Crippen molar-refractivity contribution in [3.8, 4) is 5.75 Å². The monoisotopic (exact) mass is 867 g/mol. The highest BCUT2D eigenvalue weighted by molar-refractivity contribution is 7.70. The Balaban J connectivity index is 0.813. The van der Waals surface area contributed by atoms with Gasteiger partial charge in [0.05, 0.1) is 24.7 Å². The van der Waals surface area contributed by atoms with E-state index in [9.17, 15) is 23.7 Å². The van der Waals surface area contributed by atoms with Crippen LogP contribution in [0.5, 0.6) is 5.75 Å². The smallest absolute Gasteiger partial charge is 0.255 e. The molecule has 0 aliphatic carbocycles. The van der Waals surface area contributed by atoms with Crippen LogP contribution >= 0.6 is 18.7 Å². The molecule has 3 aromatic carbocycles. The van der Waals surface area contributed by atoms with E-state index in [-0.39, 0.29) is 24.1 Å². The van der Waals surface area contributed by atoms with Gasteiger partial charge in [0.2, 0.25) is 23.7 Å². The number of nitrogens with zero attached hydrogens (tertiary/aromatic N) is 6. The summed E-state index contributed by atoms with van der Waals surface area (Å²) in [6, 6.07) is 18.8. The van der Waals surface area contributed by atoms with Crippen LogP contribution in [0.15, 0.2) is 66.9 Å². The van der Waals surface area contributed by atoms with Crippen molar-refractivity contribution >= 4 is 76.5 Å². The number of methoxy groups -OCH3 is 1. The number of rotatable bonds is 12. The van der Waals surface area contributed by atoms with E-state index in [2.05, 4.69) is 41.8 Å². The number of fused-ring (bicyclic) bond motifs is 1. The second-order valence-corrected chi connectivity index (χ2v) is 20.0. The molecule has 4 amide bonds. The van der Waals surface area contributed by atoms with E-state index in [0.717, 1.165) is 55.8 Å². The fourth-order valence-corrected chi connectivity index (χ4v) is 10.2. The Labute approximate surface area is 360 Å². The van der Waals surface area contributed by atoms with Crippen LogP contribution in [0.25, 0.3) is 0 Å². The third-order valence-corrected chi connectivity index (χ3v) is 14.0. The fourth-order valence-electron chi connectivity index (χ4n) is 8.90. The van der Waals surface area contributed by atoms with E-state index in [1.807, 2.05) is 53.4 Å². The number of aromatic nitrogens is 2. The maximum atomic E-state index is 13.4. The minimum Gasteiger partial charge on any atom is -0.494 e. The van der Waals surface area contributed by atoms with Gasteiger partial charge >= 0.3 is 0 Å². The molecule has 3 N–H and O–H groups in total. The predicted molar refractivity (Wildman–Crippen MR) is 236 cm³/mol. The second kappa shape index (κ2) is 17.8. The van der Waals surface area contributed by atoms with Crippen LogP contribution in [0, 0.1) is 0 Å². The summed E-state index contributed by atoms with van der Waals surface area (Å²) in [5.74, 6) is 0.527. The Morgan fingerprint density at radius 1 is 0.934 bits per heavy atom. The van der Waals surface area contributed by atoms with Gasteiger partial charge in [-0.25, -0.2) is 4.98 Å². The second-order valence-electron chi connectivity index (χ2n) is 16.4. The average molecular weight is 868 g/mol. The molecular weight excluding hydrogens is 817 g/mol. The molecule has 0 saturated carbocycles. The first-order valence-electron chi connectivity index (χ1n) is 20.8. The number of carbonyl (C=O) groups is 4. The van der Waals surface area contributed by atoms with E-state index in [4.69, 9.17) is 16.3 Å². The molecule has 1 unspecified atom stereocenters. The fraction of sp³-hybridized carbons (Fsp3) is 0.409. The molecule has 1 aromatic heterocycles. The summed E-state index contributed by atoms with van der Waals surface area (Å²) in [5, 5.41) is 9.90. The largest absolute Gasteiger partial charge is 0.494 e. The zero-order chi connectivity index (χ0) is 42.8. The van der Waals surface area contributed by atoms with Gasteiger partial charge in [-0.2, -0.15) is 4.98 Å². The molecule has 3 saturated heterocycles. The number of nitrogens with one attached hydrogen (secondary N) is 3. The molecule has 0 bridgehead atoms. The van der Waals surface area contributed by atoms with Crippen molar-refractivity contribution in [2.24, 2.45) is 0 Å². The van der Waals surface area contributed by atoms with Gasteiger partial charge in [-0.15, -0.1) is 0 Å². The minimum atomic E-state index is -2.56. The Bertz CT molecular complexity index is 2390. The molecular formula is C44H51ClN9O6P. The summed E-state index contributed by atoms with van der Waals surface area (Å²) in [7, 11) is -0.924. The summed E-state index contributed by atoms with van der Waals surface area (Å²) < 4.78 is 18.7. The number of imide groups is 1. The number of piperidine rings is 2. The Kier molecular flexibility index (Phi) is 12.3. The van der Waals surface area contributed by atoms with Gasteiger partial charge in [-0.1, -0.05) is 35.9 Å². The lowest BCUT2D eigenvalue weighted by Gasteiger charge is -2.43. The molecule has 61 heavy (non-hydrogen) atoms. The number of anilines is 5. The first-order chi connectivity index (χ1) is 29.4. The number of piperazine rings is 1. The molecule has 1 atom stereocenters. The van der Waals surface area contributed by atoms with Gasteiger partial charge in [0.1, 0.15) is 24.0 Å². The highest BCUT2D eigenvalue weighted by atomic mass is 35.5. The van der Waals surface area contributed by atoms with Crippen molar-refractivity contribution in [2.45, 2.75) is 57.2 Å². The Morgan fingerprint density at radius 2 is 1.70 bits per heavy atom. The first kappa shape index (κ1) is 42.2. The van der Waals surface area contributed by atoms with E-state index in [1.165, 1.54) is 6.20 Å². The van der Waals surface area contributed by atoms with E-state index >= 15 is 0 Å². The van der Waals surface area contributed by atoms with Crippen LogP contribution in [0.2, 0.25) is 5.02 Å². The minimum absolute atomic E-state index is 0.108. The summed E-state index contributed by atoms with van der Waals surface area (Å²) in [6.07, 6.45) is 4.93. The van der Waals surface area contributed by atoms with Crippen LogP contribution in [0.4, 0.5) is 28.8 Å². The average Bonchev–Trinajstić information content (AvgIpc) is 3.60. The molecule has 3 fully saturated rings. The summed E-state index contributed by atoms with van der Waals surface area (Å²) in [5.41, 5.74) is 4.83. The van der Waals surface area contributed by atoms with E-state index < -0.39 is 19.1 Å². The lowest BCUT2D eigenvalue weighted by atomic mass is 9.99. The quantitative estimate of drug-likeness (QED) is 0.123. The molecule has 4 aliphatic heterocycles. The zero-order valence-corrected chi connectivity index (χ0v) is 36.3. The van der Waals surface area contributed by atoms with Gasteiger partial charge in [0.25, 0.3) is 5.91 Å². The summed E-state index contributed by atoms with van der Waals surface area (Å²) in [4.78, 5) is 68.3. The molecule has 0 radical (unpaired) electrons. The standard InChI is InChI=1S/C44H51ClN9O6P/c1-60-37-25-30(12-13-34(37)48-44-46-26-33(45)41(50-44)47-35-9-4-5-10-38(35)61(2,3)59)51-19-17-29(18-20-51)52-21-23-53(24-22-52)40(56)16-11-28-7-6-8-31-32(28)27-54(43(31)58)36-14-15-39(55)49-42(36)57/h4-10,12-13,25-26,29,36H,11,14-24,27H2,1-3H3,(H,49,55,57)(H2,46,47,48,50). The third kappa shape index (κ3) is 9.24. The summed E-state index contributed by atoms with van der Waals surface area (Å²) in [6.45, 7) is 8.56. The third-order valence-electron chi connectivity index (χ3n) is 12.2. The number of hydrogen-bond acceptors (Lipinski definition) is 12. The van der Waals surface area contributed by atoms with Crippen LogP contribution in [-0.2, 0) is 31.9 Å². The van der Waals surface area contributed by atoms with Gasteiger partial charge < -0.3 is 34.6 Å². The van der Waals surface area contributed by atoms with Crippen LogP contribution in [-0.4, -0.2) is 120 Å². The van der Waals surface area contributed by atoms with Gasteiger partial charge in [0.15, 0.2) is 5.82 Å². The highest BCUT2D eigenvalue weighted by Crippen LogP contribution is 2.39. The number of aryl methyl sites for hydroxylation is 1. The lowest BCUT2D eigenvalue weighted by molar-refractivity contribution is -0.137. The molecule has 5 heterocycles. The zero-order valence-electron chi connectivity index (χ0n) is 34.7. The first-order valence-corrected chi connectivity index (χ1v) is 23.8. The number of hydrogen-bond donors (Lipinski definition) is 3. The van der Waals surface area contributed by atoms with Gasteiger partial charge in [0, 0.05) is 87.3 Å². The molecule has 8 rings (SSSR count). The maximum Gasteiger partial charge on any atom is 0.255 e. The number of halogens is 1. The number of benzene rings is 3. The van der Waals surface area contributed by atoms with E-state index in [1.54, 1.807) is 31.4 Å². The van der Waals surface area contributed by atoms with Gasteiger partial charge in [-0.3, -0.25) is 29.4 Å². The Hall–Kier alpha value is -5.50. The van der Waals surface area contributed by atoms with Crippen LogP contribution in [0.1, 0.15) is 53.6 Å². The van der Waals surface area contributed by atoms with Gasteiger partial charge in [-0.05, 0) is 80.5 Å². The summed E-state index contributed by atoms with van der Waals surface area (Å²) >= 11 is 6.48. The lowest BCUT2D eigenvalue weighted by Crippen LogP contribution is -2.54. The molecule has 4 aromatic rings. The van der Waals surface area contributed by atoms with Crippen molar-refractivity contribution in [1.82, 2.24) is 30.0 Å². The maximum absolute atomic E-state index is 13.4. The normalized spacial score (nSPS) is 18.9. The topological polar surface area (TPSA) is 169 Å². The van der Waals surface area contributed by atoms with E-state index in [0.29, 0.717) is 89.7 Å². The predicted octanol–water partition coefficient (Wildman–Crippen LogP) is 5.38. The number of ether oxygens (including phenoxy) is 1. The van der Waals surface area contributed by atoms with Crippen LogP contribution in [0.3, 0.4) is 0 Å². The molecule has 320 valence electrons. The highest BCUT2D eigenvalue weighted by Gasteiger charge is 2.40.